The van der Waals surface area contributed by atoms with Gasteiger partial charge in [0.05, 0.1) is 22.5 Å². The molecule has 1 aliphatic rings. The summed E-state index contributed by atoms with van der Waals surface area (Å²) in [6.07, 6.45) is 1.28. The summed E-state index contributed by atoms with van der Waals surface area (Å²) in [5.41, 5.74) is -1.63. The minimum Gasteiger partial charge on any atom is -0.399 e. The predicted molar refractivity (Wildman–Crippen MR) is 141 cm³/mol. The van der Waals surface area contributed by atoms with Crippen LogP contribution in [0.3, 0.4) is 0 Å². The minimum atomic E-state index is -0.848. The first-order valence-corrected chi connectivity index (χ1v) is 12.2. The maximum absolute atomic E-state index is 15.1. The molecule has 1 N–H and O–H groups in total. The van der Waals surface area contributed by atoms with Crippen molar-refractivity contribution < 1.29 is 22.9 Å². The molecule has 0 bridgehead atoms. The average molecular weight is 519 g/mol. The van der Waals surface area contributed by atoms with Crippen molar-refractivity contribution in [2.45, 2.75) is 58.8 Å². The van der Waals surface area contributed by atoms with Crippen molar-refractivity contribution in [3.8, 4) is 17.2 Å². The van der Waals surface area contributed by atoms with Crippen LogP contribution in [0.25, 0.3) is 11.1 Å². The molecule has 0 saturated carbocycles. The largest absolute Gasteiger partial charge is 0.494 e. The van der Waals surface area contributed by atoms with Crippen molar-refractivity contribution in [2.75, 3.05) is 5.32 Å². The molecule has 4 rings (SSSR count). The smallest absolute Gasteiger partial charge is 0.399 e. The summed E-state index contributed by atoms with van der Waals surface area (Å²) < 4.78 is 42.0. The quantitative estimate of drug-likeness (QED) is 0.489. The molecular formula is C28H28BF2N3O4. The summed E-state index contributed by atoms with van der Waals surface area (Å²) in [5.74, 6) is -2.09. The number of aromatic nitrogens is 1. The van der Waals surface area contributed by atoms with Gasteiger partial charge < -0.3 is 19.2 Å². The number of carbonyl (C=O) groups is 1. The van der Waals surface area contributed by atoms with Gasteiger partial charge in [0, 0.05) is 12.2 Å². The maximum Gasteiger partial charge on any atom is 0.494 e. The van der Waals surface area contributed by atoms with Gasteiger partial charge in [-0.25, -0.2) is 8.78 Å². The van der Waals surface area contributed by atoms with Crippen LogP contribution in [0.1, 0.15) is 63.6 Å². The van der Waals surface area contributed by atoms with Crippen LogP contribution in [0.2, 0.25) is 0 Å². The fraction of sp³-hybridized carbons (Fsp3) is 0.321. The number of benzene rings is 2. The standard InChI is InChI=1S/C28H28BF2N3O4/c1-16(2)34-15-20(25(35)24(23(34)14-32)17-7-10-19(30)11-8-17)26(36)33-22-12-9-18(13-21(22)31)29-37-27(3,4)28(5,6)38-29/h7-13,15-16H,1-6H3,(H,33,36). The number of rotatable bonds is 5. The number of nitrogens with one attached hydrogen (secondary N) is 1. The lowest BCUT2D eigenvalue weighted by molar-refractivity contribution is 0.00578. The molecule has 1 amide bonds. The normalized spacial score (nSPS) is 15.9. The third kappa shape index (κ3) is 4.87. The first kappa shape index (κ1) is 27.2. The fourth-order valence-electron chi connectivity index (χ4n) is 4.15. The van der Waals surface area contributed by atoms with Gasteiger partial charge >= 0.3 is 7.12 Å². The molecule has 1 fully saturated rings. The molecule has 0 radical (unpaired) electrons. The van der Waals surface area contributed by atoms with Crippen LogP contribution in [-0.4, -0.2) is 28.8 Å². The summed E-state index contributed by atoms with van der Waals surface area (Å²) in [7, 11) is -0.783. The van der Waals surface area contributed by atoms with Crippen molar-refractivity contribution >= 4 is 24.2 Å². The lowest BCUT2D eigenvalue weighted by Gasteiger charge is -2.32. The Morgan fingerprint density at radius 2 is 1.66 bits per heavy atom. The Balaban J connectivity index is 1.70. The molecular weight excluding hydrogens is 491 g/mol. The highest BCUT2D eigenvalue weighted by molar-refractivity contribution is 6.62. The van der Waals surface area contributed by atoms with E-state index in [1.165, 1.54) is 47.2 Å². The number of hydrogen-bond donors (Lipinski definition) is 1. The van der Waals surface area contributed by atoms with Crippen molar-refractivity contribution in [1.82, 2.24) is 4.57 Å². The van der Waals surface area contributed by atoms with E-state index in [-0.39, 0.29) is 34.1 Å². The average Bonchev–Trinajstić information content (AvgIpc) is 3.07. The number of pyridine rings is 1. The summed E-state index contributed by atoms with van der Waals surface area (Å²) in [5, 5.41) is 12.3. The van der Waals surface area contributed by atoms with Crippen molar-refractivity contribution in [3.05, 3.63) is 81.8 Å². The Labute approximate surface area is 220 Å². The van der Waals surface area contributed by atoms with Crippen molar-refractivity contribution in [1.29, 1.82) is 5.26 Å². The van der Waals surface area contributed by atoms with Gasteiger partial charge in [0.25, 0.3) is 5.91 Å². The number of anilines is 1. The van der Waals surface area contributed by atoms with E-state index >= 15 is 4.39 Å². The number of amides is 1. The van der Waals surface area contributed by atoms with E-state index in [9.17, 15) is 19.2 Å². The summed E-state index contributed by atoms with van der Waals surface area (Å²) >= 11 is 0. The molecule has 38 heavy (non-hydrogen) atoms. The molecule has 7 nitrogen and oxygen atoms in total. The monoisotopic (exact) mass is 519 g/mol. The van der Waals surface area contributed by atoms with Crippen LogP contribution >= 0.6 is 0 Å². The lowest BCUT2D eigenvalue weighted by atomic mass is 9.79. The number of carbonyl (C=O) groups excluding carboxylic acids is 1. The van der Waals surface area contributed by atoms with Gasteiger partial charge in [-0.05, 0) is 76.8 Å². The highest BCUT2D eigenvalue weighted by Crippen LogP contribution is 2.36. The van der Waals surface area contributed by atoms with Crippen LogP contribution in [0.15, 0.2) is 53.5 Å². The molecule has 2 aromatic carbocycles. The molecule has 0 atom stereocenters. The van der Waals surface area contributed by atoms with E-state index in [1.54, 1.807) is 19.9 Å². The molecule has 3 aromatic rings. The van der Waals surface area contributed by atoms with Crippen LogP contribution in [-0.2, 0) is 9.31 Å². The number of hydrogen-bond acceptors (Lipinski definition) is 5. The van der Waals surface area contributed by atoms with E-state index in [0.717, 1.165) is 0 Å². The Morgan fingerprint density at radius 3 is 2.18 bits per heavy atom. The second kappa shape index (κ2) is 9.82. The lowest BCUT2D eigenvalue weighted by Crippen LogP contribution is -2.41. The number of nitriles is 1. The Hall–Kier alpha value is -3.81. The molecule has 1 aromatic heterocycles. The molecule has 1 aliphatic heterocycles. The van der Waals surface area contributed by atoms with E-state index in [4.69, 9.17) is 9.31 Å². The molecule has 0 unspecified atom stereocenters. The highest BCUT2D eigenvalue weighted by atomic mass is 19.1. The number of nitrogens with zero attached hydrogens (tertiary/aromatic N) is 2. The molecule has 196 valence electrons. The Kier molecular flexibility index (Phi) is 7.04. The Morgan fingerprint density at radius 1 is 1.05 bits per heavy atom. The summed E-state index contributed by atoms with van der Waals surface area (Å²) in [6.45, 7) is 11.1. The first-order valence-electron chi connectivity index (χ1n) is 12.2. The third-order valence-electron chi connectivity index (χ3n) is 7.04. The van der Waals surface area contributed by atoms with Crippen LogP contribution in [0.5, 0.6) is 0 Å². The fourth-order valence-corrected chi connectivity index (χ4v) is 4.15. The van der Waals surface area contributed by atoms with Crippen molar-refractivity contribution in [2.24, 2.45) is 0 Å². The Bertz CT molecular complexity index is 1490. The maximum atomic E-state index is 15.1. The van der Waals surface area contributed by atoms with Crippen LogP contribution in [0.4, 0.5) is 14.5 Å². The third-order valence-corrected chi connectivity index (χ3v) is 7.04. The first-order chi connectivity index (χ1) is 17.8. The van der Waals surface area contributed by atoms with Gasteiger partial charge in [-0.2, -0.15) is 5.26 Å². The second-order valence-corrected chi connectivity index (χ2v) is 10.5. The topological polar surface area (TPSA) is 93.3 Å². The van der Waals surface area contributed by atoms with E-state index in [1.807, 2.05) is 33.8 Å². The summed E-state index contributed by atoms with van der Waals surface area (Å²) in [4.78, 5) is 26.7. The van der Waals surface area contributed by atoms with Gasteiger partial charge in [0.1, 0.15) is 29.0 Å². The molecule has 10 heteroatoms. The highest BCUT2D eigenvalue weighted by Gasteiger charge is 2.51. The van der Waals surface area contributed by atoms with Gasteiger partial charge in [0.15, 0.2) is 0 Å². The van der Waals surface area contributed by atoms with Gasteiger partial charge in [-0.1, -0.05) is 18.2 Å². The van der Waals surface area contributed by atoms with E-state index in [0.29, 0.717) is 5.46 Å². The molecule has 1 saturated heterocycles. The molecule has 0 spiro atoms. The molecule has 2 heterocycles. The van der Waals surface area contributed by atoms with Crippen molar-refractivity contribution in [3.63, 3.8) is 0 Å². The van der Waals surface area contributed by atoms with Gasteiger partial charge in [0.2, 0.25) is 5.43 Å². The van der Waals surface area contributed by atoms with E-state index < -0.39 is 41.3 Å². The van der Waals surface area contributed by atoms with E-state index in [2.05, 4.69) is 5.32 Å². The van der Waals surface area contributed by atoms with Gasteiger partial charge in [-0.15, -0.1) is 0 Å². The zero-order valence-electron chi connectivity index (χ0n) is 22.1. The summed E-state index contributed by atoms with van der Waals surface area (Å²) in [6, 6.07) is 11.0. The predicted octanol–water partition coefficient (Wildman–Crippen LogP) is 4.80. The minimum absolute atomic E-state index is 0.0334. The zero-order valence-corrected chi connectivity index (χ0v) is 22.1. The van der Waals surface area contributed by atoms with Crippen LogP contribution < -0.4 is 16.2 Å². The van der Waals surface area contributed by atoms with Crippen LogP contribution in [0, 0.1) is 23.0 Å². The zero-order chi connectivity index (χ0) is 28.0. The second-order valence-electron chi connectivity index (χ2n) is 10.5. The number of halogens is 2. The molecule has 0 aliphatic carbocycles. The SMILES string of the molecule is CC(C)n1cc(C(=O)Nc2ccc(B3OC(C)(C)C(C)(C)O3)cc2F)c(=O)c(-c2ccc(F)cc2)c1C#N. The van der Waals surface area contributed by atoms with Gasteiger partial charge in [-0.3, -0.25) is 9.59 Å².